The Bertz CT molecular complexity index is 923. The topological polar surface area (TPSA) is 87.2 Å². The first-order chi connectivity index (χ1) is 10.0. The number of rotatable bonds is 1. The fraction of sp³-hybridized carbons (Fsp3) is 0.286. The second-order valence-electron chi connectivity index (χ2n) is 4.69. The summed E-state index contributed by atoms with van der Waals surface area (Å²) in [6.07, 6.45) is -0.613. The van der Waals surface area contributed by atoms with Gasteiger partial charge in [0.2, 0.25) is 0 Å². The van der Waals surface area contributed by atoms with Crippen LogP contribution in [0.15, 0.2) is 21.3 Å². The summed E-state index contributed by atoms with van der Waals surface area (Å²) in [5.74, 6) is 0. The van der Waals surface area contributed by atoms with Crippen molar-refractivity contribution >= 4 is 28.1 Å². The molecule has 0 aliphatic carbocycles. The average Bonchev–Trinajstić information content (AvgIpc) is 2.85. The van der Waals surface area contributed by atoms with Gasteiger partial charge in [0.05, 0.1) is 6.61 Å². The third-order valence-corrected chi connectivity index (χ3v) is 3.32. The van der Waals surface area contributed by atoms with Crippen LogP contribution >= 0.6 is 0 Å². The van der Waals surface area contributed by atoms with Crippen molar-refractivity contribution < 1.29 is 13.9 Å². The van der Waals surface area contributed by atoms with Gasteiger partial charge in [-0.3, -0.25) is 0 Å². The van der Waals surface area contributed by atoms with Gasteiger partial charge in [-0.05, 0) is 32.4 Å². The van der Waals surface area contributed by atoms with Crippen LogP contribution in [0.4, 0.5) is 4.79 Å². The minimum absolute atomic E-state index is 0.237. The molecule has 0 radical (unpaired) electrons. The fourth-order valence-electron chi connectivity index (χ4n) is 2.37. The van der Waals surface area contributed by atoms with Crippen LogP contribution in [-0.4, -0.2) is 27.7 Å². The van der Waals surface area contributed by atoms with E-state index in [9.17, 15) is 9.59 Å². The van der Waals surface area contributed by atoms with Crippen LogP contribution in [0.2, 0.25) is 0 Å². The molecule has 3 rings (SSSR count). The Morgan fingerprint density at radius 1 is 1.38 bits per heavy atom. The molecule has 0 aliphatic heterocycles. The number of benzene rings is 1. The van der Waals surface area contributed by atoms with Crippen molar-refractivity contribution in [1.29, 1.82) is 0 Å². The summed E-state index contributed by atoms with van der Waals surface area (Å²) in [5.41, 5.74) is 2.44. The average molecular weight is 287 g/mol. The van der Waals surface area contributed by atoms with Crippen LogP contribution in [0.25, 0.3) is 22.0 Å². The normalized spacial score (nSPS) is 11.2. The summed E-state index contributed by atoms with van der Waals surface area (Å²) in [5, 5.41) is 8.58. The summed E-state index contributed by atoms with van der Waals surface area (Å²) in [4.78, 5) is 23.4. The van der Waals surface area contributed by atoms with Crippen LogP contribution < -0.4 is 5.63 Å². The van der Waals surface area contributed by atoms with Gasteiger partial charge in [0.15, 0.2) is 0 Å². The highest BCUT2D eigenvalue weighted by molar-refractivity contribution is 5.99. The van der Waals surface area contributed by atoms with Crippen molar-refractivity contribution in [1.82, 2.24) is 15.0 Å². The first-order valence-electron chi connectivity index (χ1n) is 6.49. The zero-order chi connectivity index (χ0) is 15.1. The molecule has 0 bridgehead atoms. The predicted octanol–water partition coefficient (Wildman–Crippen LogP) is 2.16. The standard InChI is InChI=1S/C14H13N3O4/c1-4-20-14(19)17-12-8(3)13-9(6-10(12)15-16-17)7(2)5-11(18)21-13/h5-6H,4H2,1-3H3. The Balaban J connectivity index is 2.40. The molecular formula is C14H13N3O4. The molecule has 0 aliphatic rings. The van der Waals surface area contributed by atoms with E-state index in [1.807, 2.05) is 6.92 Å². The number of fused-ring (bicyclic) bond motifs is 2. The molecule has 1 aromatic carbocycles. The molecule has 7 nitrogen and oxygen atoms in total. The van der Waals surface area contributed by atoms with Gasteiger partial charge < -0.3 is 9.15 Å². The molecule has 0 fully saturated rings. The van der Waals surface area contributed by atoms with Crippen molar-refractivity contribution in [2.45, 2.75) is 20.8 Å². The Kier molecular flexibility index (Phi) is 2.97. The zero-order valence-corrected chi connectivity index (χ0v) is 11.8. The second-order valence-corrected chi connectivity index (χ2v) is 4.69. The maximum Gasteiger partial charge on any atom is 0.436 e. The number of nitrogens with zero attached hydrogens (tertiary/aromatic N) is 3. The zero-order valence-electron chi connectivity index (χ0n) is 11.8. The Hall–Kier alpha value is -2.70. The first-order valence-corrected chi connectivity index (χ1v) is 6.49. The van der Waals surface area contributed by atoms with E-state index in [-0.39, 0.29) is 6.61 Å². The molecule has 108 valence electrons. The van der Waals surface area contributed by atoms with Crippen LogP contribution in [0.5, 0.6) is 0 Å². The maximum atomic E-state index is 11.9. The SMILES string of the molecule is CCOC(=O)n1nnc2cc3c(C)cc(=O)oc3c(C)c21. The monoisotopic (exact) mass is 287 g/mol. The van der Waals surface area contributed by atoms with Gasteiger partial charge in [0.25, 0.3) is 0 Å². The molecule has 2 aromatic heterocycles. The van der Waals surface area contributed by atoms with E-state index in [1.54, 1.807) is 19.9 Å². The highest BCUT2D eigenvalue weighted by Crippen LogP contribution is 2.27. The summed E-state index contributed by atoms with van der Waals surface area (Å²) in [6, 6.07) is 3.17. The Morgan fingerprint density at radius 3 is 2.86 bits per heavy atom. The third kappa shape index (κ3) is 1.97. The summed E-state index contributed by atoms with van der Waals surface area (Å²) < 4.78 is 11.3. The molecular weight excluding hydrogens is 274 g/mol. The lowest BCUT2D eigenvalue weighted by atomic mass is 10.1. The molecule has 0 unspecified atom stereocenters. The number of carbonyl (C=O) groups excluding carboxylic acids is 1. The van der Waals surface area contributed by atoms with E-state index in [2.05, 4.69) is 10.3 Å². The first kappa shape index (κ1) is 13.3. The van der Waals surface area contributed by atoms with Crippen LogP contribution in [0, 0.1) is 13.8 Å². The third-order valence-electron chi connectivity index (χ3n) is 3.32. The highest BCUT2D eigenvalue weighted by Gasteiger charge is 2.18. The summed E-state index contributed by atoms with van der Waals surface area (Å²) in [6.45, 7) is 5.52. The van der Waals surface area contributed by atoms with E-state index in [4.69, 9.17) is 9.15 Å². The van der Waals surface area contributed by atoms with Crippen molar-refractivity contribution in [2.75, 3.05) is 6.61 Å². The van der Waals surface area contributed by atoms with Gasteiger partial charge in [-0.1, -0.05) is 5.21 Å². The van der Waals surface area contributed by atoms with E-state index in [1.165, 1.54) is 6.07 Å². The maximum absolute atomic E-state index is 11.9. The lowest BCUT2D eigenvalue weighted by Crippen LogP contribution is -2.15. The molecule has 0 saturated carbocycles. The van der Waals surface area contributed by atoms with Gasteiger partial charge in [0.1, 0.15) is 16.6 Å². The van der Waals surface area contributed by atoms with Crippen molar-refractivity contribution in [3.05, 3.63) is 33.7 Å². The smallest absolute Gasteiger partial charge is 0.436 e. The van der Waals surface area contributed by atoms with Gasteiger partial charge >= 0.3 is 11.7 Å². The minimum atomic E-state index is -0.613. The van der Waals surface area contributed by atoms with E-state index in [0.717, 1.165) is 15.6 Å². The second kappa shape index (κ2) is 4.69. The van der Waals surface area contributed by atoms with Crippen molar-refractivity contribution in [2.24, 2.45) is 0 Å². The van der Waals surface area contributed by atoms with Crippen molar-refractivity contribution in [3.8, 4) is 0 Å². The molecule has 3 aromatic rings. The Labute approximate surface area is 119 Å². The van der Waals surface area contributed by atoms with Gasteiger partial charge in [-0.15, -0.1) is 9.78 Å². The summed E-state index contributed by atoms with van der Waals surface area (Å²) in [7, 11) is 0. The lowest BCUT2D eigenvalue weighted by molar-refractivity contribution is 0.151. The van der Waals surface area contributed by atoms with Crippen LogP contribution in [0.1, 0.15) is 18.1 Å². The molecule has 7 heteroatoms. The predicted molar refractivity (Wildman–Crippen MR) is 75.5 cm³/mol. The number of hydrogen-bond acceptors (Lipinski definition) is 6. The number of aryl methyl sites for hydroxylation is 2. The molecule has 2 heterocycles. The van der Waals surface area contributed by atoms with Gasteiger partial charge in [0, 0.05) is 17.0 Å². The van der Waals surface area contributed by atoms with E-state index in [0.29, 0.717) is 22.2 Å². The van der Waals surface area contributed by atoms with Gasteiger partial charge in [-0.2, -0.15) is 0 Å². The largest absolute Gasteiger partial charge is 0.448 e. The number of aromatic nitrogens is 3. The Morgan fingerprint density at radius 2 is 2.14 bits per heavy atom. The number of carbonyl (C=O) groups is 1. The molecule has 0 amide bonds. The number of hydrogen-bond donors (Lipinski definition) is 0. The molecule has 0 atom stereocenters. The highest BCUT2D eigenvalue weighted by atomic mass is 16.6. The van der Waals surface area contributed by atoms with Gasteiger partial charge in [-0.25, -0.2) is 9.59 Å². The summed E-state index contributed by atoms with van der Waals surface area (Å²) >= 11 is 0. The van der Waals surface area contributed by atoms with Crippen LogP contribution in [-0.2, 0) is 4.74 Å². The van der Waals surface area contributed by atoms with Crippen LogP contribution in [0.3, 0.4) is 0 Å². The molecule has 21 heavy (non-hydrogen) atoms. The fourth-order valence-corrected chi connectivity index (χ4v) is 2.37. The van der Waals surface area contributed by atoms with Crippen molar-refractivity contribution in [3.63, 3.8) is 0 Å². The lowest BCUT2D eigenvalue weighted by Gasteiger charge is -2.06. The quantitative estimate of drug-likeness (QED) is 0.637. The van der Waals surface area contributed by atoms with E-state index >= 15 is 0 Å². The molecule has 0 spiro atoms. The van der Waals surface area contributed by atoms with E-state index < -0.39 is 11.7 Å². The number of ether oxygens (including phenoxy) is 1. The molecule has 0 saturated heterocycles. The minimum Gasteiger partial charge on any atom is -0.448 e. The molecule has 0 N–H and O–H groups in total.